The summed E-state index contributed by atoms with van der Waals surface area (Å²) >= 11 is 3.56. The van der Waals surface area contributed by atoms with Crippen LogP contribution in [-0.2, 0) is 20.8 Å². The number of nitrogens with zero attached hydrogens (tertiary/aromatic N) is 4. The number of aromatic nitrogens is 4. The highest BCUT2D eigenvalue weighted by molar-refractivity contribution is 14.1. The predicted molar refractivity (Wildman–Crippen MR) is 121 cm³/mol. The molecule has 2 aromatic heterocycles. The molecule has 9 nitrogen and oxygen atoms in total. The zero-order valence-corrected chi connectivity index (χ0v) is 19.0. The van der Waals surface area contributed by atoms with Crippen molar-refractivity contribution in [3.63, 3.8) is 0 Å². The van der Waals surface area contributed by atoms with Crippen LogP contribution in [0.1, 0.15) is 25.2 Å². The fourth-order valence-electron chi connectivity index (χ4n) is 2.87. The van der Waals surface area contributed by atoms with E-state index in [0.29, 0.717) is 46.7 Å². The molecule has 1 unspecified atom stereocenters. The van der Waals surface area contributed by atoms with Crippen LogP contribution in [0.15, 0.2) is 47.1 Å². The third-order valence-electron chi connectivity index (χ3n) is 4.37. The Labute approximate surface area is 190 Å². The van der Waals surface area contributed by atoms with Gasteiger partial charge < -0.3 is 25.1 Å². The number of thioether (sulfide) groups is 1. The maximum absolute atomic E-state index is 11.6. The summed E-state index contributed by atoms with van der Waals surface area (Å²) in [7, 11) is 0. The van der Waals surface area contributed by atoms with E-state index in [9.17, 15) is 4.79 Å². The average Bonchev–Trinajstić information content (AvgIpc) is 3.34. The van der Waals surface area contributed by atoms with Crippen LogP contribution < -0.4 is 11.1 Å². The number of benzene rings is 1. The van der Waals surface area contributed by atoms with E-state index in [0.717, 1.165) is 9.13 Å². The van der Waals surface area contributed by atoms with Gasteiger partial charge in [0, 0.05) is 28.6 Å². The minimum Gasteiger partial charge on any atom is -0.454 e. The number of rotatable bonds is 7. The molecule has 1 amide bonds. The molecule has 0 saturated carbocycles. The number of fused-ring (bicyclic) bond motifs is 1. The van der Waals surface area contributed by atoms with E-state index in [1.54, 1.807) is 6.26 Å². The Hall–Kier alpha value is -2.54. The molecule has 0 radical (unpaired) electrons. The molecule has 1 atom stereocenters. The largest absolute Gasteiger partial charge is 0.454 e. The summed E-state index contributed by atoms with van der Waals surface area (Å²) in [5, 5.41) is 4.06. The molecule has 156 valence electrons. The third-order valence-corrected chi connectivity index (χ3v) is 6.24. The quantitative estimate of drug-likeness (QED) is 0.441. The highest BCUT2D eigenvalue weighted by Crippen LogP contribution is 2.39. The van der Waals surface area contributed by atoms with Crippen molar-refractivity contribution in [2.75, 3.05) is 12.3 Å². The Balaban J connectivity index is 1.55. The Morgan fingerprint density at radius 3 is 3.00 bits per heavy atom. The van der Waals surface area contributed by atoms with Crippen LogP contribution in [0.4, 0.5) is 5.82 Å². The average molecular weight is 538 g/mol. The normalized spacial score (nSPS) is 15.5. The van der Waals surface area contributed by atoms with E-state index in [2.05, 4.69) is 42.9 Å². The Morgan fingerprint density at radius 2 is 2.20 bits per heavy atom. The topological polar surface area (TPSA) is 117 Å². The van der Waals surface area contributed by atoms with Crippen molar-refractivity contribution in [1.29, 1.82) is 0 Å². The van der Waals surface area contributed by atoms with E-state index in [4.69, 9.17) is 15.2 Å². The highest BCUT2D eigenvalue weighted by Gasteiger charge is 2.26. The summed E-state index contributed by atoms with van der Waals surface area (Å²) in [5.74, 6) is 0.283. The van der Waals surface area contributed by atoms with Crippen molar-refractivity contribution in [2.24, 2.45) is 0 Å². The lowest BCUT2D eigenvalue weighted by molar-refractivity contribution is -0.120. The maximum atomic E-state index is 11.6. The number of hydrogen-bond donors (Lipinski definition) is 2. The van der Waals surface area contributed by atoms with E-state index >= 15 is 0 Å². The molecule has 0 aliphatic carbocycles. The summed E-state index contributed by atoms with van der Waals surface area (Å²) in [5.41, 5.74) is 8.05. The lowest BCUT2D eigenvalue weighted by atomic mass is 10.2. The SMILES string of the molecule is CCC(=O)NCCn1c(SC2=COC(c3ccccc3I)O2)nc2c(N)ncnc21. The van der Waals surface area contributed by atoms with Crippen LogP contribution in [0.2, 0.25) is 0 Å². The number of nitrogens with two attached hydrogens (primary N) is 1. The number of anilines is 1. The molecule has 0 bridgehead atoms. The van der Waals surface area contributed by atoms with Crippen molar-refractivity contribution >= 4 is 57.2 Å². The second-order valence-electron chi connectivity index (χ2n) is 6.33. The smallest absolute Gasteiger partial charge is 0.268 e. The number of carbonyl (C=O) groups excluding carboxylic acids is 1. The Bertz CT molecular complexity index is 1120. The van der Waals surface area contributed by atoms with Gasteiger partial charge in [0.25, 0.3) is 6.29 Å². The molecule has 1 aromatic carbocycles. The summed E-state index contributed by atoms with van der Waals surface area (Å²) in [6.45, 7) is 2.73. The number of hydrogen-bond acceptors (Lipinski definition) is 8. The first-order chi connectivity index (χ1) is 14.6. The molecule has 1 aliphatic heterocycles. The van der Waals surface area contributed by atoms with E-state index in [1.165, 1.54) is 18.1 Å². The van der Waals surface area contributed by atoms with Crippen LogP contribution in [0.25, 0.3) is 11.2 Å². The van der Waals surface area contributed by atoms with E-state index in [-0.39, 0.29) is 5.91 Å². The molecular weight excluding hydrogens is 519 g/mol. The number of amides is 1. The molecular formula is C19H19IN6O3S. The first kappa shape index (κ1) is 20.7. The molecule has 1 aliphatic rings. The van der Waals surface area contributed by atoms with Gasteiger partial charge in [-0.05, 0) is 40.4 Å². The van der Waals surface area contributed by atoms with Crippen molar-refractivity contribution < 1.29 is 14.3 Å². The predicted octanol–water partition coefficient (Wildman–Crippen LogP) is 3.18. The summed E-state index contributed by atoms with van der Waals surface area (Å²) in [4.78, 5) is 24.5. The van der Waals surface area contributed by atoms with Gasteiger partial charge in [0.2, 0.25) is 11.0 Å². The van der Waals surface area contributed by atoms with Crippen LogP contribution >= 0.6 is 34.4 Å². The van der Waals surface area contributed by atoms with Gasteiger partial charge in [-0.2, -0.15) is 0 Å². The second-order valence-corrected chi connectivity index (χ2v) is 8.46. The summed E-state index contributed by atoms with van der Waals surface area (Å²) in [6.07, 6.45) is 2.90. The first-order valence-electron chi connectivity index (χ1n) is 9.24. The van der Waals surface area contributed by atoms with Gasteiger partial charge in [0.1, 0.15) is 12.6 Å². The molecule has 11 heteroatoms. The molecule has 0 spiro atoms. The van der Waals surface area contributed by atoms with Gasteiger partial charge in [-0.15, -0.1) is 0 Å². The van der Waals surface area contributed by atoms with Gasteiger partial charge in [0.15, 0.2) is 22.1 Å². The van der Waals surface area contributed by atoms with Crippen LogP contribution in [0.5, 0.6) is 0 Å². The number of nitrogen functional groups attached to an aromatic ring is 1. The number of ether oxygens (including phenoxy) is 2. The molecule has 4 rings (SSSR count). The Morgan fingerprint density at radius 1 is 1.37 bits per heavy atom. The van der Waals surface area contributed by atoms with Crippen molar-refractivity contribution in [1.82, 2.24) is 24.8 Å². The lowest BCUT2D eigenvalue weighted by Crippen LogP contribution is -2.26. The summed E-state index contributed by atoms with van der Waals surface area (Å²) in [6, 6.07) is 7.88. The van der Waals surface area contributed by atoms with Crippen molar-refractivity contribution in [3.8, 4) is 0 Å². The van der Waals surface area contributed by atoms with Crippen molar-refractivity contribution in [2.45, 2.75) is 31.3 Å². The molecule has 3 N–H and O–H groups in total. The minimum atomic E-state index is -0.507. The van der Waals surface area contributed by atoms with Gasteiger partial charge in [0.05, 0.1) is 0 Å². The zero-order valence-electron chi connectivity index (χ0n) is 16.0. The molecule has 3 aromatic rings. The van der Waals surface area contributed by atoms with Crippen molar-refractivity contribution in [3.05, 3.63) is 51.1 Å². The van der Waals surface area contributed by atoms with Crippen LogP contribution in [-0.4, -0.2) is 32.0 Å². The fraction of sp³-hybridized carbons (Fsp3) is 0.263. The van der Waals surface area contributed by atoms with Crippen LogP contribution in [0, 0.1) is 3.57 Å². The number of nitrogens with one attached hydrogen (secondary N) is 1. The fourth-order valence-corrected chi connectivity index (χ4v) is 4.35. The molecule has 3 heterocycles. The van der Waals surface area contributed by atoms with Gasteiger partial charge >= 0.3 is 0 Å². The maximum Gasteiger partial charge on any atom is 0.268 e. The number of halogens is 1. The van der Waals surface area contributed by atoms with Gasteiger partial charge in [-0.1, -0.05) is 25.1 Å². The molecule has 0 saturated heterocycles. The summed E-state index contributed by atoms with van der Waals surface area (Å²) < 4.78 is 14.6. The van der Waals surface area contributed by atoms with Gasteiger partial charge in [-0.25, -0.2) is 15.0 Å². The number of carbonyl (C=O) groups is 1. The standard InChI is InChI=1S/C19H19IN6O3S/c1-2-13(27)22-7-8-26-17-15(16(21)23-10-24-17)25-19(26)30-14-9-28-18(29-14)11-5-3-4-6-12(11)20/h3-6,9-10,18H,2,7-8H2,1H3,(H,22,27)(H2,21,23,24). The third kappa shape index (κ3) is 4.31. The Kier molecular flexibility index (Phi) is 6.27. The molecule has 0 fully saturated rings. The lowest BCUT2D eigenvalue weighted by Gasteiger charge is -2.13. The van der Waals surface area contributed by atoms with E-state index < -0.39 is 6.29 Å². The minimum absolute atomic E-state index is 0.0155. The monoisotopic (exact) mass is 538 g/mol. The second kappa shape index (κ2) is 9.08. The van der Waals surface area contributed by atoms with Crippen LogP contribution in [0.3, 0.4) is 0 Å². The molecule has 30 heavy (non-hydrogen) atoms. The van der Waals surface area contributed by atoms with E-state index in [1.807, 2.05) is 35.8 Å². The number of imidazole rings is 1. The highest BCUT2D eigenvalue weighted by atomic mass is 127. The zero-order chi connectivity index (χ0) is 21.1. The first-order valence-corrected chi connectivity index (χ1v) is 11.1. The van der Waals surface area contributed by atoms with Gasteiger partial charge in [-0.3, -0.25) is 4.79 Å².